The Hall–Kier alpha value is -3.85. The Morgan fingerprint density at radius 3 is 2.04 bits per heavy atom. The maximum atomic E-state index is 14.8. The van der Waals surface area contributed by atoms with E-state index in [-0.39, 0.29) is 35.7 Å². The number of halogens is 2. The molecule has 7 nitrogen and oxygen atoms in total. The van der Waals surface area contributed by atoms with E-state index >= 15 is 0 Å². The summed E-state index contributed by atoms with van der Waals surface area (Å²) in [5.41, 5.74) is 3.60. The molecule has 0 spiro atoms. The largest absolute Gasteiger partial charge is 0.352 e. The molecule has 1 aliphatic rings. The maximum Gasteiger partial charge on any atom is 0.264 e. The molecule has 0 heterocycles. The number of nitrogens with zero attached hydrogens (tertiary/aromatic N) is 2. The lowest BCUT2D eigenvalue weighted by Gasteiger charge is -2.34. The molecular formula is C39H43Cl2N3O4S. The number of nitrogens with one attached hydrogen (secondary N) is 1. The normalized spacial score (nSPS) is 14.1. The molecule has 258 valence electrons. The Kier molecular flexibility index (Phi) is 12.1. The number of hydrogen-bond donors (Lipinski definition) is 1. The molecule has 0 aliphatic heterocycles. The SMILES string of the molecule is Cc1ccc(S(=O)(=O)N(CC(=O)N(Cc2c(Cl)cccc2Cl)C(Cc2ccccc2)C(=O)NC2CCCC2)c2ccc(C(C)C)cc2)cc1. The second kappa shape index (κ2) is 16.2. The fourth-order valence-electron chi connectivity index (χ4n) is 6.17. The molecular weight excluding hydrogens is 677 g/mol. The molecule has 49 heavy (non-hydrogen) atoms. The van der Waals surface area contributed by atoms with Crippen LogP contribution in [0.2, 0.25) is 10.0 Å². The van der Waals surface area contributed by atoms with Crippen molar-refractivity contribution in [1.29, 1.82) is 0 Å². The average molecular weight is 721 g/mol. The minimum Gasteiger partial charge on any atom is -0.352 e. The molecule has 5 rings (SSSR count). The van der Waals surface area contributed by atoms with E-state index in [0.29, 0.717) is 21.3 Å². The van der Waals surface area contributed by atoms with Gasteiger partial charge >= 0.3 is 0 Å². The van der Waals surface area contributed by atoms with Gasteiger partial charge in [0.15, 0.2) is 0 Å². The molecule has 1 aliphatic carbocycles. The van der Waals surface area contributed by atoms with Gasteiger partial charge in [0.25, 0.3) is 10.0 Å². The van der Waals surface area contributed by atoms with Gasteiger partial charge in [-0.25, -0.2) is 8.42 Å². The van der Waals surface area contributed by atoms with Crippen molar-refractivity contribution in [1.82, 2.24) is 10.2 Å². The van der Waals surface area contributed by atoms with Gasteiger partial charge in [0, 0.05) is 34.6 Å². The third-order valence-corrected chi connectivity index (χ3v) is 11.6. The van der Waals surface area contributed by atoms with Gasteiger partial charge < -0.3 is 10.2 Å². The van der Waals surface area contributed by atoms with Crippen LogP contribution < -0.4 is 9.62 Å². The van der Waals surface area contributed by atoms with Crippen molar-refractivity contribution in [2.24, 2.45) is 0 Å². The van der Waals surface area contributed by atoms with Crippen LogP contribution in [0.25, 0.3) is 0 Å². The van der Waals surface area contributed by atoms with Crippen molar-refractivity contribution in [2.45, 2.75) is 82.3 Å². The first-order chi connectivity index (χ1) is 23.4. The Morgan fingerprint density at radius 2 is 1.45 bits per heavy atom. The van der Waals surface area contributed by atoms with E-state index < -0.39 is 28.5 Å². The molecule has 4 aromatic rings. The van der Waals surface area contributed by atoms with Crippen molar-refractivity contribution >= 4 is 50.7 Å². The predicted octanol–water partition coefficient (Wildman–Crippen LogP) is 8.32. The summed E-state index contributed by atoms with van der Waals surface area (Å²) < 4.78 is 29.8. The van der Waals surface area contributed by atoms with Crippen LogP contribution in [0.1, 0.15) is 67.7 Å². The van der Waals surface area contributed by atoms with Gasteiger partial charge in [0.1, 0.15) is 12.6 Å². The molecule has 1 atom stereocenters. The molecule has 2 amide bonds. The number of amides is 2. The van der Waals surface area contributed by atoms with E-state index in [1.54, 1.807) is 54.6 Å². The number of rotatable bonds is 13. The lowest BCUT2D eigenvalue weighted by molar-refractivity contribution is -0.140. The minimum atomic E-state index is -4.21. The number of anilines is 1. The lowest BCUT2D eigenvalue weighted by atomic mass is 10.0. The van der Waals surface area contributed by atoms with Gasteiger partial charge in [0.2, 0.25) is 11.8 Å². The van der Waals surface area contributed by atoms with Gasteiger partial charge in [-0.05, 0) is 73.2 Å². The molecule has 1 fully saturated rings. The second-order valence-electron chi connectivity index (χ2n) is 13.0. The molecule has 4 aromatic carbocycles. The van der Waals surface area contributed by atoms with Crippen molar-refractivity contribution in [3.05, 3.63) is 129 Å². The smallest absolute Gasteiger partial charge is 0.264 e. The molecule has 0 radical (unpaired) electrons. The summed E-state index contributed by atoms with van der Waals surface area (Å²) in [7, 11) is -4.21. The summed E-state index contributed by atoms with van der Waals surface area (Å²) in [6, 6.07) is 27.3. The number of carbonyl (C=O) groups excluding carboxylic acids is 2. The molecule has 0 aromatic heterocycles. The first-order valence-electron chi connectivity index (χ1n) is 16.7. The second-order valence-corrected chi connectivity index (χ2v) is 15.7. The van der Waals surface area contributed by atoms with Crippen LogP contribution in [-0.2, 0) is 32.6 Å². The van der Waals surface area contributed by atoms with Crippen LogP contribution in [0, 0.1) is 6.92 Å². The van der Waals surface area contributed by atoms with Crippen molar-refractivity contribution < 1.29 is 18.0 Å². The van der Waals surface area contributed by atoms with Gasteiger partial charge in [-0.15, -0.1) is 0 Å². The van der Waals surface area contributed by atoms with E-state index in [1.807, 2.05) is 49.4 Å². The lowest BCUT2D eigenvalue weighted by Crippen LogP contribution is -2.54. The molecule has 0 bridgehead atoms. The average Bonchev–Trinajstić information content (AvgIpc) is 3.60. The van der Waals surface area contributed by atoms with Crippen LogP contribution in [0.4, 0.5) is 5.69 Å². The Labute approximate surface area is 300 Å². The zero-order valence-corrected chi connectivity index (χ0v) is 30.4. The van der Waals surface area contributed by atoms with Crippen LogP contribution in [0.15, 0.2) is 102 Å². The van der Waals surface area contributed by atoms with Gasteiger partial charge in [-0.1, -0.05) is 116 Å². The fraction of sp³-hybridized carbons (Fsp3) is 0.333. The van der Waals surface area contributed by atoms with Gasteiger partial charge in [-0.3, -0.25) is 13.9 Å². The Balaban J connectivity index is 1.60. The van der Waals surface area contributed by atoms with Crippen LogP contribution >= 0.6 is 23.2 Å². The van der Waals surface area contributed by atoms with Crippen LogP contribution in [0.5, 0.6) is 0 Å². The molecule has 1 N–H and O–H groups in total. The molecule has 1 unspecified atom stereocenters. The van der Waals surface area contributed by atoms with E-state index in [0.717, 1.165) is 46.7 Å². The Bertz CT molecular complexity index is 1820. The van der Waals surface area contributed by atoms with Crippen molar-refractivity contribution in [2.75, 3.05) is 10.8 Å². The highest BCUT2D eigenvalue weighted by Gasteiger charge is 2.36. The van der Waals surface area contributed by atoms with Crippen molar-refractivity contribution in [3.63, 3.8) is 0 Å². The number of aryl methyl sites for hydroxylation is 1. The highest BCUT2D eigenvalue weighted by Crippen LogP contribution is 2.30. The van der Waals surface area contributed by atoms with Crippen LogP contribution in [0.3, 0.4) is 0 Å². The number of benzene rings is 4. The van der Waals surface area contributed by atoms with E-state index in [4.69, 9.17) is 23.2 Å². The topological polar surface area (TPSA) is 86.8 Å². The molecule has 10 heteroatoms. The third kappa shape index (κ3) is 9.04. The summed E-state index contributed by atoms with van der Waals surface area (Å²) in [6.07, 6.45) is 3.98. The van der Waals surface area contributed by atoms with Gasteiger partial charge in [-0.2, -0.15) is 0 Å². The van der Waals surface area contributed by atoms with Gasteiger partial charge in [0.05, 0.1) is 10.6 Å². The number of sulfonamides is 1. The number of carbonyl (C=O) groups is 2. The first kappa shape index (κ1) is 36.4. The summed E-state index contributed by atoms with van der Waals surface area (Å²) in [6.45, 7) is 5.34. The highest BCUT2D eigenvalue weighted by molar-refractivity contribution is 7.92. The van der Waals surface area contributed by atoms with E-state index in [9.17, 15) is 18.0 Å². The Morgan fingerprint density at radius 1 is 0.837 bits per heavy atom. The zero-order chi connectivity index (χ0) is 35.1. The molecule has 1 saturated carbocycles. The summed E-state index contributed by atoms with van der Waals surface area (Å²) in [5, 5.41) is 3.86. The third-order valence-electron chi connectivity index (χ3n) is 9.10. The minimum absolute atomic E-state index is 0.00418. The summed E-state index contributed by atoms with van der Waals surface area (Å²) in [4.78, 5) is 30.5. The first-order valence-corrected chi connectivity index (χ1v) is 18.9. The highest BCUT2D eigenvalue weighted by atomic mass is 35.5. The predicted molar refractivity (Wildman–Crippen MR) is 198 cm³/mol. The van der Waals surface area contributed by atoms with Crippen molar-refractivity contribution in [3.8, 4) is 0 Å². The zero-order valence-electron chi connectivity index (χ0n) is 28.1. The van der Waals surface area contributed by atoms with E-state index in [1.165, 1.54) is 4.90 Å². The molecule has 0 saturated heterocycles. The quantitative estimate of drug-likeness (QED) is 0.151. The summed E-state index contributed by atoms with van der Waals surface area (Å²) >= 11 is 13.3. The summed E-state index contributed by atoms with van der Waals surface area (Å²) in [5.74, 6) is -0.644. The number of hydrogen-bond acceptors (Lipinski definition) is 4. The maximum absolute atomic E-state index is 14.8. The monoisotopic (exact) mass is 719 g/mol. The standard InChI is InChI=1S/C39H43Cl2N3O4S/c1-27(2)30-18-20-32(21-19-30)44(49(47,48)33-22-16-28(3)17-23-33)26-38(45)43(25-34-35(40)14-9-15-36(34)41)37(24-29-10-5-4-6-11-29)39(46)42-31-12-7-8-13-31/h4-6,9-11,14-23,27,31,37H,7-8,12-13,24-26H2,1-3H3,(H,42,46). The van der Waals surface area contributed by atoms with Crippen LogP contribution in [-0.4, -0.2) is 43.8 Å². The fourth-order valence-corrected chi connectivity index (χ4v) is 8.10. The van der Waals surface area contributed by atoms with E-state index in [2.05, 4.69) is 19.2 Å².